The zero-order valence-corrected chi connectivity index (χ0v) is 17.2. The molecule has 0 saturated carbocycles. The van der Waals surface area contributed by atoms with Gasteiger partial charge in [-0.25, -0.2) is 0 Å². The van der Waals surface area contributed by atoms with E-state index in [9.17, 15) is 4.79 Å². The SMILES string of the molecule is Cc1nn(Cc2ccccc2)c(C)c1CNC(=O)CSc1nnc2ccccn12. The summed E-state index contributed by atoms with van der Waals surface area (Å²) in [6.45, 7) is 5.21. The Morgan fingerprint density at radius 2 is 1.86 bits per heavy atom. The van der Waals surface area contributed by atoms with Crippen molar-refractivity contribution in [3.63, 3.8) is 0 Å². The van der Waals surface area contributed by atoms with Crippen molar-refractivity contribution < 1.29 is 4.79 Å². The van der Waals surface area contributed by atoms with Crippen LogP contribution in [0.5, 0.6) is 0 Å². The van der Waals surface area contributed by atoms with Crippen LogP contribution in [0.3, 0.4) is 0 Å². The molecule has 0 unspecified atom stereocenters. The maximum Gasteiger partial charge on any atom is 0.230 e. The Balaban J connectivity index is 1.35. The lowest BCUT2D eigenvalue weighted by molar-refractivity contribution is -0.118. The number of nitrogens with zero attached hydrogens (tertiary/aromatic N) is 5. The maximum absolute atomic E-state index is 12.4. The molecule has 0 atom stereocenters. The van der Waals surface area contributed by atoms with Gasteiger partial charge in [0.1, 0.15) is 0 Å². The van der Waals surface area contributed by atoms with E-state index >= 15 is 0 Å². The van der Waals surface area contributed by atoms with Crippen LogP contribution < -0.4 is 5.32 Å². The average molecular weight is 407 g/mol. The molecule has 0 radical (unpaired) electrons. The van der Waals surface area contributed by atoms with Gasteiger partial charge in [-0.1, -0.05) is 48.2 Å². The van der Waals surface area contributed by atoms with E-state index in [1.165, 1.54) is 17.3 Å². The van der Waals surface area contributed by atoms with Crippen molar-refractivity contribution in [2.75, 3.05) is 5.75 Å². The fraction of sp³-hybridized carbons (Fsp3) is 0.238. The number of aryl methyl sites for hydroxylation is 1. The fourth-order valence-corrected chi connectivity index (χ4v) is 3.94. The molecule has 1 amide bonds. The first-order valence-corrected chi connectivity index (χ1v) is 10.4. The number of thioether (sulfide) groups is 1. The molecule has 0 aliphatic carbocycles. The van der Waals surface area contributed by atoms with E-state index in [2.05, 4.69) is 32.7 Å². The summed E-state index contributed by atoms with van der Waals surface area (Å²) in [7, 11) is 0. The van der Waals surface area contributed by atoms with Crippen LogP contribution in [0.2, 0.25) is 0 Å². The summed E-state index contributed by atoms with van der Waals surface area (Å²) in [6, 6.07) is 15.9. The molecule has 4 aromatic rings. The molecule has 8 heteroatoms. The number of benzene rings is 1. The van der Waals surface area contributed by atoms with Crippen molar-refractivity contribution in [3.8, 4) is 0 Å². The number of carbonyl (C=O) groups is 1. The molecular formula is C21H22N6OS. The molecule has 0 spiro atoms. The smallest absolute Gasteiger partial charge is 0.230 e. The second-order valence-electron chi connectivity index (χ2n) is 6.77. The lowest BCUT2D eigenvalue weighted by Gasteiger charge is -2.07. The Kier molecular flexibility index (Phi) is 5.62. The van der Waals surface area contributed by atoms with Crippen molar-refractivity contribution in [3.05, 3.63) is 77.2 Å². The highest BCUT2D eigenvalue weighted by molar-refractivity contribution is 7.99. The van der Waals surface area contributed by atoms with Gasteiger partial charge in [0.05, 0.1) is 18.0 Å². The Labute approximate surface area is 173 Å². The topological polar surface area (TPSA) is 77.1 Å². The number of pyridine rings is 1. The maximum atomic E-state index is 12.4. The van der Waals surface area contributed by atoms with Gasteiger partial charge in [0, 0.05) is 24.0 Å². The predicted molar refractivity (Wildman–Crippen MR) is 113 cm³/mol. The number of hydrogen-bond donors (Lipinski definition) is 1. The second-order valence-corrected chi connectivity index (χ2v) is 7.71. The summed E-state index contributed by atoms with van der Waals surface area (Å²) >= 11 is 1.37. The highest BCUT2D eigenvalue weighted by Gasteiger charge is 2.14. The minimum Gasteiger partial charge on any atom is -0.351 e. The summed E-state index contributed by atoms with van der Waals surface area (Å²) < 4.78 is 3.86. The summed E-state index contributed by atoms with van der Waals surface area (Å²) in [6.07, 6.45) is 1.89. The van der Waals surface area contributed by atoms with E-state index in [4.69, 9.17) is 0 Å². The molecule has 148 valence electrons. The Hall–Kier alpha value is -3.13. The number of hydrogen-bond acceptors (Lipinski definition) is 5. The first kappa shape index (κ1) is 19.2. The average Bonchev–Trinajstić information content (AvgIpc) is 3.26. The molecule has 0 aliphatic rings. The molecule has 7 nitrogen and oxygen atoms in total. The van der Waals surface area contributed by atoms with Gasteiger partial charge >= 0.3 is 0 Å². The van der Waals surface area contributed by atoms with E-state index in [0.717, 1.165) is 29.1 Å². The van der Waals surface area contributed by atoms with Crippen molar-refractivity contribution in [2.45, 2.75) is 32.1 Å². The standard InChI is InChI=1S/C21H22N6OS/c1-15-18(16(2)27(25-15)13-17-8-4-3-5-9-17)12-22-20(28)14-29-21-24-23-19-10-6-7-11-26(19)21/h3-11H,12-14H2,1-2H3,(H,22,28). The van der Waals surface area contributed by atoms with Crippen LogP contribution in [0.4, 0.5) is 0 Å². The minimum atomic E-state index is -0.0442. The number of fused-ring (bicyclic) bond motifs is 1. The number of aromatic nitrogens is 5. The van der Waals surface area contributed by atoms with Gasteiger partial charge in [0.15, 0.2) is 10.8 Å². The van der Waals surface area contributed by atoms with Crippen LogP contribution in [-0.4, -0.2) is 36.0 Å². The molecule has 0 bridgehead atoms. The van der Waals surface area contributed by atoms with E-state index in [1.807, 2.05) is 65.5 Å². The number of nitrogens with one attached hydrogen (secondary N) is 1. The molecule has 4 rings (SSSR count). The number of amides is 1. The highest BCUT2D eigenvalue weighted by Crippen LogP contribution is 2.17. The van der Waals surface area contributed by atoms with E-state index in [-0.39, 0.29) is 11.7 Å². The molecule has 0 saturated heterocycles. The van der Waals surface area contributed by atoms with Gasteiger partial charge in [-0.2, -0.15) is 5.10 Å². The molecule has 1 N–H and O–H groups in total. The van der Waals surface area contributed by atoms with Gasteiger partial charge in [0.2, 0.25) is 5.91 Å². The summed E-state index contributed by atoms with van der Waals surface area (Å²) in [4.78, 5) is 12.4. The predicted octanol–water partition coefficient (Wildman–Crippen LogP) is 3.00. The van der Waals surface area contributed by atoms with Crippen LogP contribution in [-0.2, 0) is 17.9 Å². The van der Waals surface area contributed by atoms with Crippen molar-refractivity contribution in [1.82, 2.24) is 29.7 Å². The molecule has 3 aromatic heterocycles. The first-order valence-electron chi connectivity index (χ1n) is 9.38. The van der Waals surface area contributed by atoms with Crippen molar-refractivity contribution in [2.24, 2.45) is 0 Å². The molecule has 3 heterocycles. The van der Waals surface area contributed by atoms with Gasteiger partial charge in [0.25, 0.3) is 0 Å². The molecule has 1 aromatic carbocycles. The van der Waals surface area contributed by atoms with Crippen molar-refractivity contribution >= 4 is 23.3 Å². The molecule has 29 heavy (non-hydrogen) atoms. The fourth-order valence-electron chi connectivity index (χ4n) is 3.19. The van der Waals surface area contributed by atoms with Gasteiger partial charge in [-0.3, -0.25) is 13.9 Å². The normalized spacial score (nSPS) is 11.1. The number of rotatable bonds is 7. The van der Waals surface area contributed by atoms with Crippen LogP contribution in [0.1, 0.15) is 22.5 Å². The van der Waals surface area contributed by atoms with Crippen LogP contribution in [0.15, 0.2) is 59.9 Å². The van der Waals surface area contributed by atoms with Gasteiger partial charge in [-0.05, 0) is 31.5 Å². The highest BCUT2D eigenvalue weighted by atomic mass is 32.2. The van der Waals surface area contributed by atoms with Gasteiger partial charge in [-0.15, -0.1) is 10.2 Å². The van der Waals surface area contributed by atoms with Crippen LogP contribution >= 0.6 is 11.8 Å². The van der Waals surface area contributed by atoms with E-state index < -0.39 is 0 Å². The quantitative estimate of drug-likeness (QED) is 0.478. The number of carbonyl (C=O) groups excluding carboxylic acids is 1. The third-order valence-electron chi connectivity index (χ3n) is 4.78. The largest absolute Gasteiger partial charge is 0.351 e. The zero-order valence-electron chi connectivity index (χ0n) is 16.4. The molecular weight excluding hydrogens is 384 g/mol. The Morgan fingerprint density at radius 1 is 1.07 bits per heavy atom. The lowest BCUT2D eigenvalue weighted by atomic mass is 10.2. The lowest BCUT2D eigenvalue weighted by Crippen LogP contribution is -2.25. The minimum absolute atomic E-state index is 0.0442. The summed E-state index contributed by atoms with van der Waals surface area (Å²) in [5.41, 5.74) is 5.04. The van der Waals surface area contributed by atoms with Crippen LogP contribution in [0, 0.1) is 13.8 Å². The Morgan fingerprint density at radius 3 is 2.69 bits per heavy atom. The van der Waals surface area contributed by atoms with E-state index in [1.54, 1.807) is 0 Å². The third-order valence-corrected chi connectivity index (χ3v) is 5.73. The van der Waals surface area contributed by atoms with Gasteiger partial charge < -0.3 is 5.32 Å². The van der Waals surface area contributed by atoms with Crippen molar-refractivity contribution in [1.29, 1.82) is 0 Å². The monoisotopic (exact) mass is 406 g/mol. The third kappa shape index (κ3) is 4.32. The molecule has 0 aliphatic heterocycles. The van der Waals surface area contributed by atoms with E-state index in [0.29, 0.717) is 11.7 Å². The molecule has 0 fully saturated rings. The van der Waals surface area contributed by atoms with Crippen LogP contribution in [0.25, 0.3) is 5.65 Å². The Bertz CT molecular complexity index is 1130. The second kappa shape index (κ2) is 8.48. The first-order chi connectivity index (χ1) is 14.1. The summed E-state index contributed by atoms with van der Waals surface area (Å²) in [5, 5.41) is 16.6. The zero-order chi connectivity index (χ0) is 20.2. The summed E-state index contributed by atoms with van der Waals surface area (Å²) in [5.74, 6) is 0.239.